The molecule has 1 saturated heterocycles. The van der Waals surface area contributed by atoms with Crippen molar-refractivity contribution in [2.45, 2.75) is 43.7 Å². The first kappa shape index (κ1) is 17.1. The molecule has 0 radical (unpaired) electrons. The van der Waals surface area contributed by atoms with Crippen LogP contribution in [0.5, 0.6) is 0 Å². The molecule has 1 aliphatic heterocycles. The fourth-order valence-electron chi connectivity index (χ4n) is 2.98. The molecule has 2 aromatic rings. The zero-order valence-electron chi connectivity index (χ0n) is 14.1. The molecule has 2 atom stereocenters. The number of H-pyrrole nitrogens is 1. The molecule has 2 heterocycles. The van der Waals surface area contributed by atoms with Gasteiger partial charge in [0.25, 0.3) is 0 Å². The third-order valence-corrected chi connectivity index (χ3v) is 6.29. The first-order valence-corrected chi connectivity index (χ1v) is 9.42. The number of benzene rings is 1. The molecule has 7 nitrogen and oxygen atoms in total. The van der Waals surface area contributed by atoms with Crippen molar-refractivity contribution in [3.8, 4) is 0 Å². The predicted molar refractivity (Wildman–Crippen MR) is 89.0 cm³/mol. The lowest BCUT2D eigenvalue weighted by Crippen LogP contribution is -2.32. The molecule has 1 aromatic carbocycles. The summed E-state index contributed by atoms with van der Waals surface area (Å²) in [5, 5.41) is 6.94. The number of ether oxygens (including phenoxy) is 1. The standard InChI is InChI=1S/C16H22N4O3S/c1-4-12-5-7-14(8-6-12)24(21,22)20-10-13(23-3)9-15(20)16-17-11(2)18-19-16/h5-8,13,15H,4,9-10H2,1-3H3,(H,17,18,19)/t13-,15-/m0/s1. The minimum atomic E-state index is -3.64. The fraction of sp³-hybridized carbons (Fsp3) is 0.500. The summed E-state index contributed by atoms with van der Waals surface area (Å²) in [6.45, 7) is 4.13. The number of sulfonamides is 1. The Morgan fingerprint density at radius 3 is 2.58 bits per heavy atom. The van der Waals surface area contributed by atoms with E-state index in [0.29, 0.717) is 24.6 Å². The Morgan fingerprint density at radius 1 is 1.33 bits per heavy atom. The minimum Gasteiger partial charge on any atom is -0.380 e. The average Bonchev–Trinajstić information content (AvgIpc) is 3.21. The topological polar surface area (TPSA) is 88.2 Å². The molecule has 24 heavy (non-hydrogen) atoms. The second-order valence-corrected chi connectivity index (χ2v) is 7.85. The minimum absolute atomic E-state index is 0.168. The molecule has 0 amide bonds. The van der Waals surface area contributed by atoms with Gasteiger partial charge in [0.05, 0.1) is 17.0 Å². The molecule has 0 saturated carbocycles. The number of aromatic nitrogens is 3. The van der Waals surface area contributed by atoms with Gasteiger partial charge >= 0.3 is 0 Å². The number of nitrogens with zero attached hydrogens (tertiary/aromatic N) is 3. The summed E-state index contributed by atoms with van der Waals surface area (Å²) in [6.07, 6.45) is 1.24. The van der Waals surface area contributed by atoms with Gasteiger partial charge in [-0.15, -0.1) is 0 Å². The molecule has 0 spiro atoms. The number of rotatable bonds is 5. The maximum absolute atomic E-state index is 13.1. The van der Waals surface area contributed by atoms with Crippen molar-refractivity contribution >= 4 is 10.0 Å². The second-order valence-electron chi connectivity index (χ2n) is 5.96. The average molecular weight is 350 g/mol. The van der Waals surface area contributed by atoms with Gasteiger partial charge < -0.3 is 4.74 Å². The van der Waals surface area contributed by atoms with Crippen LogP contribution in [0.15, 0.2) is 29.2 Å². The summed E-state index contributed by atoms with van der Waals surface area (Å²) < 4.78 is 33.0. The molecular weight excluding hydrogens is 328 g/mol. The van der Waals surface area contributed by atoms with E-state index in [1.807, 2.05) is 19.1 Å². The highest BCUT2D eigenvalue weighted by atomic mass is 32.2. The number of nitrogens with one attached hydrogen (secondary N) is 1. The molecule has 0 bridgehead atoms. The fourth-order valence-corrected chi connectivity index (χ4v) is 4.61. The first-order chi connectivity index (χ1) is 11.5. The number of hydrogen-bond donors (Lipinski definition) is 1. The Kier molecular flexibility index (Phi) is 4.71. The Bertz CT molecular complexity index is 801. The van der Waals surface area contributed by atoms with Crippen LogP contribution in [0.1, 0.15) is 36.6 Å². The van der Waals surface area contributed by atoms with E-state index in [1.165, 1.54) is 4.31 Å². The van der Waals surface area contributed by atoms with Crippen molar-refractivity contribution in [2.75, 3.05) is 13.7 Å². The van der Waals surface area contributed by atoms with Gasteiger partial charge in [0, 0.05) is 13.7 Å². The highest BCUT2D eigenvalue weighted by molar-refractivity contribution is 7.89. The molecule has 8 heteroatoms. The third-order valence-electron chi connectivity index (χ3n) is 4.40. The highest BCUT2D eigenvalue weighted by Gasteiger charge is 2.43. The van der Waals surface area contributed by atoms with Crippen LogP contribution in [0, 0.1) is 6.92 Å². The predicted octanol–water partition coefficient (Wildman–Crippen LogP) is 1.83. The smallest absolute Gasteiger partial charge is 0.243 e. The summed E-state index contributed by atoms with van der Waals surface area (Å²) in [4.78, 5) is 4.60. The molecule has 1 fully saturated rings. The van der Waals surface area contributed by atoms with Crippen LogP contribution in [0.3, 0.4) is 0 Å². The van der Waals surface area contributed by atoms with E-state index in [-0.39, 0.29) is 11.0 Å². The monoisotopic (exact) mass is 350 g/mol. The highest BCUT2D eigenvalue weighted by Crippen LogP contribution is 2.36. The number of aryl methyl sites for hydroxylation is 2. The van der Waals surface area contributed by atoms with E-state index in [1.54, 1.807) is 26.2 Å². The van der Waals surface area contributed by atoms with E-state index in [2.05, 4.69) is 15.2 Å². The van der Waals surface area contributed by atoms with Gasteiger partial charge in [-0.3, -0.25) is 5.10 Å². The molecule has 130 valence electrons. The SMILES string of the molecule is CCc1ccc(S(=O)(=O)N2C[C@@H](OC)C[C@H]2c2n[nH]c(C)n2)cc1. The number of aromatic amines is 1. The molecule has 0 unspecified atom stereocenters. The van der Waals surface area contributed by atoms with Crippen molar-refractivity contribution in [1.29, 1.82) is 0 Å². The quantitative estimate of drug-likeness (QED) is 0.889. The molecule has 1 aromatic heterocycles. The zero-order chi connectivity index (χ0) is 17.3. The normalized spacial score (nSPS) is 22.1. The Balaban J connectivity index is 1.96. The lowest BCUT2D eigenvalue weighted by atomic mass is 10.2. The van der Waals surface area contributed by atoms with Gasteiger partial charge in [-0.25, -0.2) is 13.4 Å². The lowest BCUT2D eigenvalue weighted by molar-refractivity contribution is 0.114. The molecule has 3 rings (SSSR count). The van der Waals surface area contributed by atoms with Crippen molar-refractivity contribution in [1.82, 2.24) is 19.5 Å². The van der Waals surface area contributed by atoms with Gasteiger partial charge in [0.15, 0.2) is 5.82 Å². The Labute approximate surface area is 142 Å². The maximum Gasteiger partial charge on any atom is 0.243 e. The van der Waals surface area contributed by atoms with E-state index in [0.717, 1.165) is 12.0 Å². The second kappa shape index (κ2) is 6.62. The van der Waals surface area contributed by atoms with Crippen LogP contribution in [-0.2, 0) is 21.2 Å². The molecule has 0 aliphatic carbocycles. The summed E-state index contributed by atoms with van der Waals surface area (Å²) in [5.74, 6) is 1.15. The van der Waals surface area contributed by atoms with Crippen LogP contribution in [0.2, 0.25) is 0 Å². The van der Waals surface area contributed by atoms with Crippen molar-refractivity contribution in [3.05, 3.63) is 41.5 Å². The lowest BCUT2D eigenvalue weighted by Gasteiger charge is -2.21. The van der Waals surface area contributed by atoms with Gasteiger partial charge in [0.1, 0.15) is 5.82 Å². The van der Waals surface area contributed by atoms with Gasteiger partial charge in [-0.1, -0.05) is 19.1 Å². The van der Waals surface area contributed by atoms with E-state index in [9.17, 15) is 8.42 Å². The zero-order valence-corrected chi connectivity index (χ0v) is 14.9. The number of hydrogen-bond acceptors (Lipinski definition) is 5. The van der Waals surface area contributed by atoms with E-state index >= 15 is 0 Å². The van der Waals surface area contributed by atoms with Crippen molar-refractivity contribution in [2.24, 2.45) is 0 Å². The number of methoxy groups -OCH3 is 1. The largest absolute Gasteiger partial charge is 0.380 e. The van der Waals surface area contributed by atoms with Crippen LogP contribution in [0.4, 0.5) is 0 Å². The van der Waals surface area contributed by atoms with Crippen LogP contribution in [-0.4, -0.2) is 47.7 Å². The molecular formula is C16H22N4O3S. The van der Waals surface area contributed by atoms with E-state index in [4.69, 9.17) is 4.74 Å². The van der Waals surface area contributed by atoms with Gasteiger partial charge in [-0.2, -0.15) is 9.40 Å². The van der Waals surface area contributed by atoms with Crippen LogP contribution >= 0.6 is 0 Å². The Hall–Kier alpha value is -1.77. The van der Waals surface area contributed by atoms with Crippen molar-refractivity contribution in [3.63, 3.8) is 0 Å². The summed E-state index contributed by atoms with van der Waals surface area (Å²) >= 11 is 0. The molecule has 1 N–H and O–H groups in total. The Morgan fingerprint density at radius 2 is 2.04 bits per heavy atom. The summed E-state index contributed by atoms with van der Waals surface area (Å²) in [7, 11) is -2.04. The van der Waals surface area contributed by atoms with Gasteiger partial charge in [-0.05, 0) is 37.5 Å². The summed E-state index contributed by atoms with van der Waals surface area (Å²) in [5.41, 5.74) is 1.10. The van der Waals surface area contributed by atoms with Gasteiger partial charge in [0.2, 0.25) is 10.0 Å². The van der Waals surface area contributed by atoms with Crippen molar-refractivity contribution < 1.29 is 13.2 Å². The van der Waals surface area contributed by atoms with E-state index < -0.39 is 16.1 Å². The third kappa shape index (κ3) is 3.09. The van der Waals surface area contributed by atoms with Crippen LogP contribution in [0.25, 0.3) is 0 Å². The van der Waals surface area contributed by atoms with Crippen LogP contribution < -0.4 is 0 Å². The maximum atomic E-state index is 13.1. The first-order valence-electron chi connectivity index (χ1n) is 7.98. The molecule has 1 aliphatic rings. The summed E-state index contributed by atoms with van der Waals surface area (Å²) in [6, 6.07) is 6.60.